The van der Waals surface area contributed by atoms with Gasteiger partial charge in [0.15, 0.2) is 11.5 Å². The Morgan fingerprint density at radius 1 is 1.17 bits per heavy atom. The number of hydrogen-bond acceptors (Lipinski definition) is 6. The van der Waals surface area contributed by atoms with Gasteiger partial charge in [0.2, 0.25) is 0 Å². The van der Waals surface area contributed by atoms with Crippen molar-refractivity contribution in [2.24, 2.45) is 0 Å². The molecule has 130 valence electrons. The van der Waals surface area contributed by atoms with Gasteiger partial charge in [-0.2, -0.15) is 12.6 Å². The van der Waals surface area contributed by atoms with E-state index in [1.807, 2.05) is 0 Å². The summed E-state index contributed by atoms with van der Waals surface area (Å²) in [5.41, 5.74) is 0.479. The summed E-state index contributed by atoms with van der Waals surface area (Å²) in [5, 5.41) is 11.3. The number of nitro groups is 1. The van der Waals surface area contributed by atoms with Gasteiger partial charge in [0, 0.05) is 6.61 Å². The number of benzene rings is 1. The molecule has 23 heavy (non-hydrogen) atoms. The molecule has 0 bridgehead atoms. The number of methoxy groups -OCH3 is 1. The lowest BCUT2D eigenvalue weighted by molar-refractivity contribution is -0.386. The molecule has 0 amide bonds. The van der Waals surface area contributed by atoms with E-state index in [-0.39, 0.29) is 12.3 Å². The molecule has 1 rings (SSSR count). The molecule has 0 heterocycles. The number of nitrogens with zero attached hydrogens (tertiary/aromatic N) is 1. The third-order valence-corrected chi connectivity index (χ3v) is 3.59. The summed E-state index contributed by atoms with van der Waals surface area (Å²) >= 11 is 4.13. The molecule has 1 aromatic carbocycles. The number of hydrogen-bond donors (Lipinski definition) is 1. The van der Waals surface area contributed by atoms with E-state index in [2.05, 4.69) is 19.6 Å². The van der Waals surface area contributed by atoms with Gasteiger partial charge < -0.3 is 14.2 Å². The number of thiol groups is 1. The molecule has 0 unspecified atom stereocenters. The SMILES string of the molecule is CCCCOc1cc([N+](=O)[O-])c(COCCCCS)cc1OC. The Morgan fingerprint density at radius 2 is 1.96 bits per heavy atom. The lowest BCUT2D eigenvalue weighted by atomic mass is 10.1. The Morgan fingerprint density at radius 3 is 2.57 bits per heavy atom. The lowest BCUT2D eigenvalue weighted by Gasteiger charge is -2.13. The Bertz CT molecular complexity index is 496. The van der Waals surface area contributed by atoms with Crippen molar-refractivity contribution in [3.05, 3.63) is 27.8 Å². The maximum atomic E-state index is 11.3. The van der Waals surface area contributed by atoms with Crippen LogP contribution in [0.1, 0.15) is 38.2 Å². The van der Waals surface area contributed by atoms with Crippen LogP contribution in [0.4, 0.5) is 5.69 Å². The molecule has 6 nitrogen and oxygen atoms in total. The van der Waals surface area contributed by atoms with E-state index in [1.165, 1.54) is 13.2 Å². The molecule has 0 N–H and O–H groups in total. The first-order valence-electron chi connectivity index (χ1n) is 7.80. The van der Waals surface area contributed by atoms with E-state index < -0.39 is 4.92 Å². The van der Waals surface area contributed by atoms with Crippen molar-refractivity contribution in [2.45, 2.75) is 39.2 Å². The third kappa shape index (κ3) is 6.66. The van der Waals surface area contributed by atoms with Crippen LogP contribution in [0, 0.1) is 10.1 Å². The van der Waals surface area contributed by atoms with Gasteiger partial charge in [-0.1, -0.05) is 13.3 Å². The van der Waals surface area contributed by atoms with Crippen molar-refractivity contribution in [1.29, 1.82) is 0 Å². The van der Waals surface area contributed by atoms with Crippen molar-refractivity contribution < 1.29 is 19.1 Å². The van der Waals surface area contributed by atoms with Crippen LogP contribution in [0.25, 0.3) is 0 Å². The standard InChI is InChI=1S/C16H25NO5S/c1-3-4-8-22-16-11-14(17(18)19)13(10-15(16)20-2)12-21-7-5-6-9-23/h10-11,23H,3-9,12H2,1-2H3. The molecular weight excluding hydrogens is 318 g/mol. The van der Waals surface area contributed by atoms with E-state index in [4.69, 9.17) is 14.2 Å². The van der Waals surface area contributed by atoms with Gasteiger partial charge in [0.25, 0.3) is 5.69 Å². The van der Waals surface area contributed by atoms with Gasteiger partial charge in [-0.25, -0.2) is 0 Å². The van der Waals surface area contributed by atoms with Crippen molar-refractivity contribution in [1.82, 2.24) is 0 Å². The molecule has 1 aromatic rings. The first kappa shape index (κ1) is 19.6. The molecule has 0 atom stereocenters. The van der Waals surface area contributed by atoms with Crippen molar-refractivity contribution in [2.75, 3.05) is 26.1 Å². The predicted octanol–water partition coefficient (Wildman–Crippen LogP) is 4.01. The second kappa shape index (κ2) is 11.1. The molecule has 0 saturated heterocycles. The minimum atomic E-state index is -0.418. The van der Waals surface area contributed by atoms with Crippen LogP contribution in [0.5, 0.6) is 11.5 Å². The van der Waals surface area contributed by atoms with Gasteiger partial charge in [-0.05, 0) is 31.1 Å². The summed E-state index contributed by atoms with van der Waals surface area (Å²) < 4.78 is 16.4. The fourth-order valence-electron chi connectivity index (χ4n) is 1.97. The Labute approximate surface area is 142 Å². The molecule has 7 heteroatoms. The average molecular weight is 343 g/mol. The smallest absolute Gasteiger partial charge is 0.278 e. The monoisotopic (exact) mass is 343 g/mol. The van der Waals surface area contributed by atoms with E-state index in [0.29, 0.717) is 30.3 Å². The molecule has 0 spiro atoms. The number of ether oxygens (including phenoxy) is 3. The van der Waals surface area contributed by atoms with Gasteiger partial charge in [0.1, 0.15) is 0 Å². The quantitative estimate of drug-likeness (QED) is 0.269. The van der Waals surface area contributed by atoms with E-state index in [0.717, 1.165) is 31.4 Å². The molecule has 0 saturated carbocycles. The topological polar surface area (TPSA) is 70.8 Å². The Balaban J connectivity index is 2.84. The van der Waals surface area contributed by atoms with Crippen LogP contribution in [0.15, 0.2) is 12.1 Å². The van der Waals surface area contributed by atoms with E-state index in [9.17, 15) is 10.1 Å². The second-order valence-corrected chi connectivity index (χ2v) is 5.52. The predicted molar refractivity (Wildman–Crippen MR) is 92.8 cm³/mol. The zero-order valence-electron chi connectivity index (χ0n) is 13.7. The normalized spacial score (nSPS) is 10.6. The molecule has 0 aliphatic rings. The van der Waals surface area contributed by atoms with Crippen molar-refractivity contribution in [3.8, 4) is 11.5 Å². The molecule has 0 aliphatic heterocycles. The average Bonchev–Trinajstić information content (AvgIpc) is 2.55. The fourth-order valence-corrected chi connectivity index (χ4v) is 2.20. The zero-order valence-corrected chi connectivity index (χ0v) is 14.6. The highest BCUT2D eigenvalue weighted by Crippen LogP contribution is 2.35. The fraction of sp³-hybridized carbons (Fsp3) is 0.625. The van der Waals surface area contributed by atoms with Crippen LogP contribution in [0.2, 0.25) is 0 Å². The summed E-state index contributed by atoms with van der Waals surface area (Å²) in [6, 6.07) is 3.04. The van der Waals surface area contributed by atoms with Gasteiger partial charge in [0.05, 0.1) is 36.9 Å². The van der Waals surface area contributed by atoms with Crippen LogP contribution < -0.4 is 9.47 Å². The Hall–Kier alpha value is -1.47. The highest BCUT2D eigenvalue weighted by atomic mass is 32.1. The molecular formula is C16H25NO5S. The van der Waals surface area contributed by atoms with Gasteiger partial charge >= 0.3 is 0 Å². The van der Waals surface area contributed by atoms with E-state index in [1.54, 1.807) is 6.07 Å². The van der Waals surface area contributed by atoms with Crippen molar-refractivity contribution >= 4 is 18.3 Å². The van der Waals surface area contributed by atoms with E-state index >= 15 is 0 Å². The number of unbranched alkanes of at least 4 members (excludes halogenated alkanes) is 2. The lowest BCUT2D eigenvalue weighted by Crippen LogP contribution is -2.04. The number of nitro benzene ring substituents is 1. The van der Waals surface area contributed by atoms with Crippen LogP contribution in [-0.2, 0) is 11.3 Å². The minimum Gasteiger partial charge on any atom is -0.493 e. The van der Waals surface area contributed by atoms with Gasteiger partial charge in [-0.15, -0.1) is 0 Å². The van der Waals surface area contributed by atoms with Crippen LogP contribution in [-0.4, -0.2) is 31.0 Å². The molecule has 0 fully saturated rings. The summed E-state index contributed by atoms with van der Waals surface area (Å²) in [6.07, 6.45) is 3.71. The van der Waals surface area contributed by atoms with Crippen LogP contribution in [0.3, 0.4) is 0 Å². The largest absolute Gasteiger partial charge is 0.493 e. The maximum absolute atomic E-state index is 11.3. The third-order valence-electron chi connectivity index (χ3n) is 3.27. The molecule has 0 radical (unpaired) electrons. The second-order valence-electron chi connectivity index (χ2n) is 5.07. The highest BCUT2D eigenvalue weighted by molar-refractivity contribution is 7.80. The molecule has 0 aliphatic carbocycles. The summed E-state index contributed by atoms with van der Waals surface area (Å²) in [6.45, 7) is 3.28. The highest BCUT2D eigenvalue weighted by Gasteiger charge is 2.19. The number of rotatable bonds is 12. The molecule has 0 aromatic heterocycles. The maximum Gasteiger partial charge on any atom is 0.278 e. The zero-order chi connectivity index (χ0) is 17.1. The van der Waals surface area contributed by atoms with Gasteiger partial charge in [-0.3, -0.25) is 10.1 Å². The first-order valence-corrected chi connectivity index (χ1v) is 8.44. The van der Waals surface area contributed by atoms with Crippen molar-refractivity contribution in [3.63, 3.8) is 0 Å². The van der Waals surface area contributed by atoms with Crippen LogP contribution >= 0.6 is 12.6 Å². The first-order chi connectivity index (χ1) is 11.1. The summed E-state index contributed by atoms with van der Waals surface area (Å²) in [4.78, 5) is 10.9. The Kier molecular flexibility index (Phi) is 9.47. The minimum absolute atomic E-state index is 0.00788. The summed E-state index contributed by atoms with van der Waals surface area (Å²) in [7, 11) is 1.52. The summed E-state index contributed by atoms with van der Waals surface area (Å²) in [5.74, 6) is 1.69.